The minimum absolute atomic E-state index is 0.283. The molecule has 0 aromatic carbocycles. The molecule has 4 fully saturated rings. The van der Waals surface area contributed by atoms with Crippen LogP contribution in [0.3, 0.4) is 0 Å². The molecule has 0 heterocycles. The van der Waals surface area contributed by atoms with Crippen molar-refractivity contribution < 1.29 is 19.8 Å². The number of hydrogen-bond acceptors (Lipinski definition) is 2. The van der Waals surface area contributed by atoms with E-state index < -0.39 is 11.9 Å². The van der Waals surface area contributed by atoms with Gasteiger partial charge in [-0.3, -0.25) is 9.59 Å². The van der Waals surface area contributed by atoms with Crippen LogP contribution in [-0.4, -0.2) is 22.2 Å². The summed E-state index contributed by atoms with van der Waals surface area (Å²) in [5.41, 5.74) is -0.283. The maximum Gasteiger partial charge on any atom is 0.309 e. The van der Waals surface area contributed by atoms with Crippen LogP contribution in [0.1, 0.15) is 77.6 Å². The second-order valence-corrected chi connectivity index (χ2v) is 7.71. The van der Waals surface area contributed by atoms with Gasteiger partial charge in [0.25, 0.3) is 0 Å². The van der Waals surface area contributed by atoms with Crippen molar-refractivity contribution in [1.29, 1.82) is 0 Å². The van der Waals surface area contributed by atoms with Gasteiger partial charge in [0, 0.05) is 6.42 Å². The highest BCUT2D eigenvalue weighted by molar-refractivity contribution is 5.75. The maximum atomic E-state index is 11.3. The highest BCUT2D eigenvalue weighted by Gasteiger charge is 2.54. The van der Waals surface area contributed by atoms with Gasteiger partial charge >= 0.3 is 11.9 Å². The van der Waals surface area contributed by atoms with Crippen LogP contribution in [-0.2, 0) is 9.59 Å². The fourth-order valence-electron chi connectivity index (χ4n) is 5.08. The van der Waals surface area contributed by atoms with Crippen molar-refractivity contribution in [3.05, 3.63) is 0 Å². The summed E-state index contributed by atoms with van der Waals surface area (Å²) in [5.74, 6) is 1.07. The summed E-state index contributed by atoms with van der Waals surface area (Å²) in [6.07, 6.45) is 11.5. The Balaban J connectivity index is 0.000000175. The van der Waals surface area contributed by atoms with Crippen LogP contribution in [0.4, 0.5) is 0 Å². The highest BCUT2D eigenvalue weighted by Crippen LogP contribution is 2.59. The van der Waals surface area contributed by atoms with Gasteiger partial charge in [-0.1, -0.05) is 26.2 Å². The molecule has 0 aliphatic heterocycles. The zero-order valence-corrected chi connectivity index (χ0v) is 13.7. The Kier molecular flexibility index (Phi) is 5.87. The van der Waals surface area contributed by atoms with Gasteiger partial charge in [0.05, 0.1) is 5.41 Å². The molecule has 22 heavy (non-hydrogen) atoms. The molecule has 0 radical (unpaired) electrons. The van der Waals surface area contributed by atoms with Gasteiger partial charge in [0.1, 0.15) is 0 Å². The first-order valence-corrected chi connectivity index (χ1v) is 8.90. The Labute approximate surface area is 133 Å². The van der Waals surface area contributed by atoms with E-state index in [1.165, 1.54) is 25.7 Å². The van der Waals surface area contributed by atoms with Crippen molar-refractivity contribution in [2.75, 3.05) is 0 Å². The molecular weight excluding hydrogens is 280 g/mol. The first-order valence-electron chi connectivity index (χ1n) is 8.90. The predicted octanol–water partition coefficient (Wildman–Crippen LogP) is 4.33. The highest BCUT2D eigenvalue weighted by atomic mass is 16.4. The van der Waals surface area contributed by atoms with Gasteiger partial charge in [-0.25, -0.2) is 0 Å². The second kappa shape index (κ2) is 7.47. The Morgan fingerprint density at radius 3 is 1.77 bits per heavy atom. The van der Waals surface area contributed by atoms with Crippen LogP contribution in [0.2, 0.25) is 0 Å². The molecule has 4 aliphatic rings. The molecule has 0 spiro atoms. The lowest BCUT2D eigenvalue weighted by Crippen LogP contribution is -2.49. The van der Waals surface area contributed by atoms with Crippen molar-refractivity contribution in [2.24, 2.45) is 23.2 Å². The fourth-order valence-corrected chi connectivity index (χ4v) is 5.08. The van der Waals surface area contributed by atoms with E-state index in [1.807, 2.05) is 0 Å². The van der Waals surface area contributed by atoms with Crippen LogP contribution in [0.5, 0.6) is 0 Å². The molecule has 0 atom stereocenters. The van der Waals surface area contributed by atoms with Gasteiger partial charge in [-0.15, -0.1) is 0 Å². The van der Waals surface area contributed by atoms with Crippen molar-refractivity contribution in [2.45, 2.75) is 77.6 Å². The quantitative estimate of drug-likeness (QED) is 0.716. The molecule has 0 aromatic heterocycles. The summed E-state index contributed by atoms with van der Waals surface area (Å²) >= 11 is 0. The number of rotatable bonds is 6. The zero-order valence-electron chi connectivity index (χ0n) is 13.7. The largest absolute Gasteiger partial charge is 0.481 e. The SMILES string of the molecule is CCCCCCC(=O)O.O=C(O)C12CC3CC(CC(C3)C1)C2. The molecule has 4 aliphatic carbocycles. The lowest BCUT2D eigenvalue weighted by Gasteiger charge is -2.54. The molecule has 0 aromatic rings. The summed E-state index contributed by atoms with van der Waals surface area (Å²) in [4.78, 5) is 21.2. The topological polar surface area (TPSA) is 74.6 Å². The van der Waals surface area contributed by atoms with Crippen LogP contribution in [0.25, 0.3) is 0 Å². The maximum absolute atomic E-state index is 11.3. The van der Waals surface area contributed by atoms with Gasteiger partial charge in [-0.05, 0) is 62.7 Å². The Morgan fingerprint density at radius 2 is 1.41 bits per heavy atom. The number of carbonyl (C=O) groups is 2. The first kappa shape index (κ1) is 17.3. The van der Waals surface area contributed by atoms with Crippen LogP contribution < -0.4 is 0 Å². The summed E-state index contributed by atoms with van der Waals surface area (Å²) in [6.45, 7) is 2.11. The number of hydrogen-bond donors (Lipinski definition) is 2. The Hall–Kier alpha value is -1.06. The summed E-state index contributed by atoms with van der Waals surface area (Å²) in [5, 5.41) is 17.5. The van der Waals surface area contributed by atoms with Crippen molar-refractivity contribution in [1.82, 2.24) is 0 Å². The third-order valence-electron chi connectivity index (χ3n) is 5.74. The standard InChI is InChI=1S/C11H16O2.C7H14O2/c12-10(13)11-4-7-1-8(5-11)3-9(2-7)6-11;1-2-3-4-5-6-7(8)9/h7-9H,1-6H2,(H,12,13);2-6H2,1H3,(H,8,9). The average Bonchev–Trinajstić information content (AvgIpc) is 2.42. The number of carboxylic acids is 2. The third-order valence-corrected chi connectivity index (χ3v) is 5.74. The van der Waals surface area contributed by atoms with E-state index in [0.717, 1.165) is 56.3 Å². The van der Waals surface area contributed by atoms with Gasteiger partial charge in [-0.2, -0.15) is 0 Å². The molecule has 0 saturated heterocycles. The zero-order chi connectivity index (χ0) is 16.2. The Bertz CT molecular complexity index is 367. The molecular formula is C18H30O4. The smallest absolute Gasteiger partial charge is 0.309 e. The molecule has 4 saturated carbocycles. The van der Waals surface area contributed by atoms with E-state index in [2.05, 4.69) is 6.92 Å². The average molecular weight is 310 g/mol. The number of aliphatic carboxylic acids is 2. The predicted molar refractivity (Wildman–Crippen MR) is 84.6 cm³/mol. The first-order chi connectivity index (χ1) is 10.4. The van der Waals surface area contributed by atoms with Gasteiger partial charge in [0.2, 0.25) is 0 Å². The van der Waals surface area contributed by atoms with E-state index >= 15 is 0 Å². The minimum Gasteiger partial charge on any atom is -0.481 e. The monoisotopic (exact) mass is 310 g/mol. The van der Waals surface area contributed by atoms with Crippen LogP contribution >= 0.6 is 0 Å². The minimum atomic E-state index is -0.675. The van der Waals surface area contributed by atoms with E-state index in [4.69, 9.17) is 5.11 Å². The molecule has 0 amide bonds. The van der Waals surface area contributed by atoms with E-state index in [9.17, 15) is 14.7 Å². The third kappa shape index (κ3) is 4.23. The number of carboxylic acid groups (broad SMARTS) is 2. The van der Waals surface area contributed by atoms with E-state index in [-0.39, 0.29) is 5.41 Å². The van der Waals surface area contributed by atoms with Gasteiger partial charge in [0.15, 0.2) is 0 Å². The normalized spacial score (nSPS) is 34.9. The molecule has 4 bridgehead atoms. The lowest BCUT2D eigenvalue weighted by atomic mass is 9.49. The fraction of sp³-hybridized carbons (Fsp3) is 0.889. The van der Waals surface area contributed by atoms with E-state index in [1.54, 1.807) is 0 Å². The molecule has 2 N–H and O–H groups in total. The molecule has 4 heteroatoms. The van der Waals surface area contributed by atoms with Crippen LogP contribution in [0.15, 0.2) is 0 Å². The summed E-state index contributed by atoms with van der Waals surface area (Å²) in [7, 11) is 0. The molecule has 126 valence electrons. The molecule has 4 nitrogen and oxygen atoms in total. The molecule has 0 unspecified atom stereocenters. The molecule has 4 rings (SSSR count). The van der Waals surface area contributed by atoms with Crippen LogP contribution in [0, 0.1) is 23.2 Å². The lowest BCUT2D eigenvalue weighted by molar-refractivity contribution is -0.164. The second-order valence-electron chi connectivity index (χ2n) is 7.71. The Morgan fingerprint density at radius 1 is 0.909 bits per heavy atom. The summed E-state index contributed by atoms with van der Waals surface area (Å²) in [6, 6.07) is 0. The van der Waals surface area contributed by atoms with Gasteiger partial charge < -0.3 is 10.2 Å². The summed E-state index contributed by atoms with van der Waals surface area (Å²) < 4.78 is 0. The van der Waals surface area contributed by atoms with Crippen molar-refractivity contribution >= 4 is 11.9 Å². The van der Waals surface area contributed by atoms with E-state index in [0.29, 0.717) is 6.42 Å². The number of unbranched alkanes of at least 4 members (excludes halogenated alkanes) is 3. The van der Waals surface area contributed by atoms with Crippen molar-refractivity contribution in [3.8, 4) is 0 Å². The van der Waals surface area contributed by atoms with Crippen molar-refractivity contribution in [3.63, 3.8) is 0 Å².